The largest absolute Gasteiger partial charge is 0.478 e. The molecule has 5 nitrogen and oxygen atoms in total. The van der Waals surface area contributed by atoms with E-state index in [9.17, 15) is 4.79 Å². The third kappa shape index (κ3) is 1.05. The molecule has 0 radical (unpaired) electrons. The maximum atomic E-state index is 10.5. The minimum absolute atomic E-state index is 0.0903. The predicted molar refractivity (Wildman–Crippen MR) is 39.1 cm³/mol. The van der Waals surface area contributed by atoms with Crippen molar-refractivity contribution >= 4 is 5.97 Å². The molecule has 1 aliphatic heterocycles. The van der Waals surface area contributed by atoms with E-state index >= 15 is 0 Å². The summed E-state index contributed by atoms with van der Waals surface area (Å²) in [4.78, 5) is 10.5. The van der Waals surface area contributed by atoms with E-state index in [1.54, 1.807) is 6.08 Å². The highest BCUT2D eigenvalue weighted by molar-refractivity contribution is 5.82. The number of allylic oxidation sites excluding steroid dienone is 2. The predicted octanol–water partition coefficient (Wildman–Crippen LogP) is -1.31. The third-order valence-electron chi connectivity index (χ3n) is 1.48. The van der Waals surface area contributed by atoms with Crippen molar-refractivity contribution in [1.29, 1.82) is 0 Å². The summed E-state index contributed by atoms with van der Waals surface area (Å²) in [5.41, 5.74) is 9.19. The first-order valence-corrected chi connectivity index (χ1v) is 3.00. The van der Waals surface area contributed by atoms with Crippen LogP contribution in [-0.2, 0) is 4.79 Å². The number of nitrogens with one attached hydrogen (secondary N) is 1. The first-order valence-electron chi connectivity index (χ1n) is 3.00. The molecule has 1 aliphatic rings. The van der Waals surface area contributed by atoms with Crippen molar-refractivity contribution < 1.29 is 9.90 Å². The van der Waals surface area contributed by atoms with Gasteiger partial charge in [-0.3, -0.25) is 5.73 Å². The molecule has 1 unspecified atom stereocenters. The van der Waals surface area contributed by atoms with Gasteiger partial charge in [-0.2, -0.15) is 0 Å². The number of carboxylic acid groups (broad SMARTS) is 1. The van der Waals surface area contributed by atoms with Crippen molar-refractivity contribution in [2.45, 2.75) is 5.66 Å². The van der Waals surface area contributed by atoms with Crippen molar-refractivity contribution in [2.75, 3.05) is 0 Å². The summed E-state index contributed by atoms with van der Waals surface area (Å²) in [6.45, 7) is 0. The van der Waals surface area contributed by atoms with E-state index in [-0.39, 0.29) is 5.70 Å². The van der Waals surface area contributed by atoms with Crippen LogP contribution in [-0.4, -0.2) is 16.7 Å². The van der Waals surface area contributed by atoms with Crippen LogP contribution in [0.4, 0.5) is 0 Å². The first-order chi connectivity index (χ1) is 5.07. The van der Waals surface area contributed by atoms with E-state index in [0.29, 0.717) is 0 Å². The Morgan fingerprint density at radius 3 is 2.73 bits per heavy atom. The van der Waals surface area contributed by atoms with Crippen LogP contribution in [0.1, 0.15) is 0 Å². The van der Waals surface area contributed by atoms with Gasteiger partial charge in [-0.1, -0.05) is 0 Å². The summed E-state index contributed by atoms with van der Waals surface area (Å²) < 4.78 is 0. The summed E-state index contributed by atoms with van der Waals surface area (Å²) in [7, 11) is 0. The van der Waals surface area contributed by atoms with Gasteiger partial charge in [0.25, 0.3) is 0 Å². The molecule has 1 heterocycles. The number of rotatable bonds is 1. The van der Waals surface area contributed by atoms with Gasteiger partial charge >= 0.3 is 5.97 Å². The standard InChI is InChI=1S/C6H9N3O2/c7-4-2-1-3-9-6(4,8)5(10)11/h1-3,9H,7-8H2,(H,10,11). The van der Waals surface area contributed by atoms with Gasteiger partial charge in [0.15, 0.2) is 0 Å². The van der Waals surface area contributed by atoms with Gasteiger partial charge in [0.2, 0.25) is 5.66 Å². The minimum atomic E-state index is -1.64. The smallest absolute Gasteiger partial charge is 0.350 e. The molecule has 0 aromatic heterocycles. The molecule has 0 aliphatic carbocycles. The first kappa shape index (κ1) is 7.62. The van der Waals surface area contributed by atoms with Crippen LogP contribution in [0.3, 0.4) is 0 Å². The Hall–Kier alpha value is -1.49. The zero-order valence-corrected chi connectivity index (χ0v) is 5.74. The van der Waals surface area contributed by atoms with E-state index in [1.165, 1.54) is 12.3 Å². The van der Waals surface area contributed by atoms with E-state index in [1.807, 2.05) is 0 Å². The van der Waals surface area contributed by atoms with Crippen LogP contribution in [0.2, 0.25) is 0 Å². The Balaban J connectivity index is 2.97. The summed E-state index contributed by atoms with van der Waals surface area (Å²) >= 11 is 0. The quantitative estimate of drug-likeness (QED) is 0.376. The van der Waals surface area contributed by atoms with Gasteiger partial charge in [0, 0.05) is 0 Å². The number of hydrogen-bond donors (Lipinski definition) is 4. The second-order valence-electron chi connectivity index (χ2n) is 2.24. The molecule has 0 bridgehead atoms. The number of carbonyl (C=O) groups is 1. The van der Waals surface area contributed by atoms with Gasteiger partial charge in [-0.05, 0) is 18.4 Å². The lowest BCUT2D eigenvalue weighted by Gasteiger charge is -2.27. The molecule has 0 fully saturated rings. The van der Waals surface area contributed by atoms with Crippen molar-refractivity contribution in [1.82, 2.24) is 5.32 Å². The fourth-order valence-corrected chi connectivity index (χ4v) is 0.731. The maximum Gasteiger partial charge on any atom is 0.350 e. The van der Waals surface area contributed by atoms with Gasteiger partial charge in [0.1, 0.15) is 0 Å². The average Bonchev–Trinajstić information content (AvgIpc) is 1.95. The van der Waals surface area contributed by atoms with Gasteiger partial charge in [-0.25, -0.2) is 4.79 Å². The summed E-state index contributed by atoms with van der Waals surface area (Å²) in [6, 6.07) is 0. The lowest BCUT2D eigenvalue weighted by Crippen LogP contribution is -2.61. The summed E-state index contributed by atoms with van der Waals surface area (Å²) in [6.07, 6.45) is 4.47. The second kappa shape index (κ2) is 2.28. The van der Waals surface area contributed by atoms with Crippen LogP contribution < -0.4 is 16.8 Å². The van der Waals surface area contributed by atoms with E-state index in [2.05, 4.69) is 5.32 Å². The Morgan fingerprint density at radius 1 is 1.73 bits per heavy atom. The number of hydrogen-bond acceptors (Lipinski definition) is 4. The molecular formula is C6H9N3O2. The molecule has 1 rings (SSSR count). The molecule has 11 heavy (non-hydrogen) atoms. The summed E-state index contributed by atoms with van der Waals surface area (Å²) in [5, 5.41) is 11.1. The normalized spacial score (nSPS) is 29.0. The van der Waals surface area contributed by atoms with Crippen molar-refractivity contribution in [3.63, 3.8) is 0 Å². The highest BCUT2D eigenvalue weighted by Crippen LogP contribution is 2.09. The van der Waals surface area contributed by atoms with Crippen LogP contribution in [0.25, 0.3) is 0 Å². The Morgan fingerprint density at radius 2 is 2.36 bits per heavy atom. The lowest BCUT2D eigenvalue weighted by atomic mass is 10.1. The second-order valence-corrected chi connectivity index (χ2v) is 2.24. The number of dihydropyridines is 1. The molecule has 60 valence electrons. The van der Waals surface area contributed by atoms with Crippen LogP contribution in [0.5, 0.6) is 0 Å². The minimum Gasteiger partial charge on any atom is -0.478 e. The number of nitrogens with two attached hydrogens (primary N) is 2. The molecular weight excluding hydrogens is 146 g/mol. The molecule has 0 saturated carbocycles. The Bertz CT molecular complexity index is 246. The average molecular weight is 155 g/mol. The zero-order chi connectivity index (χ0) is 8.48. The Kier molecular flexibility index (Phi) is 1.58. The molecule has 0 aromatic rings. The molecule has 6 N–H and O–H groups in total. The SMILES string of the molecule is NC1=CC=CNC1(N)C(=O)O. The van der Waals surface area contributed by atoms with Crippen molar-refractivity contribution in [2.24, 2.45) is 11.5 Å². The third-order valence-corrected chi connectivity index (χ3v) is 1.48. The molecule has 1 atom stereocenters. The van der Waals surface area contributed by atoms with Crippen molar-refractivity contribution in [3.05, 3.63) is 24.0 Å². The monoisotopic (exact) mass is 155 g/mol. The lowest BCUT2D eigenvalue weighted by molar-refractivity contribution is -0.142. The zero-order valence-electron chi connectivity index (χ0n) is 5.74. The van der Waals surface area contributed by atoms with E-state index in [0.717, 1.165) is 0 Å². The molecule has 0 spiro atoms. The van der Waals surface area contributed by atoms with Crippen LogP contribution >= 0.6 is 0 Å². The van der Waals surface area contributed by atoms with Crippen LogP contribution in [0.15, 0.2) is 24.0 Å². The molecule has 0 amide bonds. The van der Waals surface area contributed by atoms with Crippen LogP contribution in [0, 0.1) is 0 Å². The van der Waals surface area contributed by atoms with Gasteiger partial charge in [-0.15, -0.1) is 0 Å². The number of carboxylic acids is 1. The number of aliphatic carboxylic acids is 1. The van der Waals surface area contributed by atoms with Gasteiger partial charge in [0.05, 0.1) is 5.70 Å². The highest BCUT2D eigenvalue weighted by Gasteiger charge is 2.36. The van der Waals surface area contributed by atoms with E-state index < -0.39 is 11.6 Å². The summed E-state index contributed by atoms with van der Waals surface area (Å²) in [5.74, 6) is -1.20. The maximum absolute atomic E-state index is 10.5. The van der Waals surface area contributed by atoms with Crippen molar-refractivity contribution in [3.8, 4) is 0 Å². The Labute approximate surface area is 63.4 Å². The highest BCUT2D eigenvalue weighted by atomic mass is 16.4. The van der Waals surface area contributed by atoms with E-state index in [4.69, 9.17) is 16.6 Å². The fourth-order valence-electron chi connectivity index (χ4n) is 0.731. The van der Waals surface area contributed by atoms with Gasteiger partial charge < -0.3 is 16.2 Å². The molecule has 0 saturated heterocycles. The fraction of sp³-hybridized carbons (Fsp3) is 0.167. The molecule has 0 aromatic carbocycles. The molecule has 5 heteroatoms. The topological polar surface area (TPSA) is 101 Å².